The maximum absolute atomic E-state index is 11.6. The summed E-state index contributed by atoms with van der Waals surface area (Å²) in [6, 6.07) is 0. The van der Waals surface area contributed by atoms with Gasteiger partial charge in [-0.15, -0.1) is 0 Å². The molecule has 0 bridgehead atoms. The molecule has 0 aromatic heterocycles. The van der Waals surface area contributed by atoms with Crippen molar-refractivity contribution in [3.63, 3.8) is 0 Å². The van der Waals surface area contributed by atoms with Gasteiger partial charge in [0, 0.05) is 0 Å². The van der Waals surface area contributed by atoms with Crippen LogP contribution in [0.5, 0.6) is 0 Å². The Labute approximate surface area is 125 Å². The van der Waals surface area contributed by atoms with Gasteiger partial charge in [-0.1, -0.05) is 39.5 Å². The molecule has 21 heavy (non-hydrogen) atoms. The van der Waals surface area contributed by atoms with E-state index in [2.05, 4.69) is 6.92 Å². The van der Waals surface area contributed by atoms with Gasteiger partial charge in [-0.2, -0.15) is 0 Å². The first-order valence-corrected chi connectivity index (χ1v) is 7.57. The van der Waals surface area contributed by atoms with Crippen LogP contribution >= 0.6 is 0 Å². The third-order valence-electron chi connectivity index (χ3n) is 2.96. The van der Waals surface area contributed by atoms with Crippen molar-refractivity contribution in [1.82, 2.24) is 0 Å². The summed E-state index contributed by atoms with van der Waals surface area (Å²) >= 11 is 0. The molecule has 0 rings (SSSR count). The van der Waals surface area contributed by atoms with Crippen LogP contribution in [0.15, 0.2) is 0 Å². The number of carbonyl (C=O) groups is 3. The van der Waals surface area contributed by atoms with Crippen molar-refractivity contribution in [2.75, 3.05) is 13.2 Å². The van der Waals surface area contributed by atoms with Gasteiger partial charge in [0.2, 0.25) is 0 Å². The molecule has 0 aliphatic rings. The van der Waals surface area contributed by atoms with Crippen molar-refractivity contribution in [1.29, 1.82) is 0 Å². The first kappa shape index (κ1) is 19.4. The van der Waals surface area contributed by atoms with E-state index in [1.54, 1.807) is 0 Å². The molecular formula is C15H26O6. The van der Waals surface area contributed by atoms with Gasteiger partial charge in [0.1, 0.15) is 0 Å². The van der Waals surface area contributed by atoms with E-state index in [0.717, 1.165) is 32.1 Å². The molecule has 0 amide bonds. The summed E-state index contributed by atoms with van der Waals surface area (Å²) in [5, 5.41) is 8.98. The lowest BCUT2D eigenvalue weighted by Crippen LogP contribution is -2.29. The Kier molecular flexibility index (Phi) is 11.3. The predicted molar refractivity (Wildman–Crippen MR) is 76.7 cm³/mol. The molecule has 0 aliphatic heterocycles. The monoisotopic (exact) mass is 302 g/mol. The van der Waals surface area contributed by atoms with Crippen LogP contribution in [0.25, 0.3) is 0 Å². The second-order valence-corrected chi connectivity index (χ2v) is 4.90. The number of ether oxygens (including phenoxy) is 2. The number of aliphatic carboxylic acids is 1. The Bertz CT molecular complexity index is 326. The van der Waals surface area contributed by atoms with E-state index in [0.29, 0.717) is 6.42 Å². The molecule has 0 saturated carbocycles. The number of hydrogen-bond acceptors (Lipinski definition) is 5. The van der Waals surface area contributed by atoms with Gasteiger partial charge in [-0.05, 0) is 12.8 Å². The largest absolute Gasteiger partial charge is 0.481 e. The van der Waals surface area contributed by atoms with Crippen LogP contribution in [0.1, 0.15) is 58.8 Å². The van der Waals surface area contributed by atoms with Crippen molar-refractivity contribution >= 4 is 17.9 Å². The van der Waals surface area contributed by atoms with Crippen LogP contribution in [0, 0.1) is 5.92 Å². The lowest BCUT2D eigenvalue weighted by atomic mass is 10.1. The Morgan fingerprint density at radius 1 is 0.905 bits per heavy atom. The molecule has 1 unspecified atom stereocenters. The fourth-order valence-electron chi connectivity index (χ4n) is 1.63. The Balaban J connectivity index is 4.09. The molecule has 0 aromatic rings. The molecule has 0 radical (unpaired) electrons. The zero-order chi connectivity index (χ0) is 16.1. The highest BCUT2D eigenvalue weighted by Crippen LogP contribution is 2.09. The summed E-state index contributed by atoms with van der Waals surface area (Å²) in [6.07, 6.45) is 4.89. The summed E-state index contributed by atoms with van der Waals surface area (Å²) < 4.78 is 9.77. The molecule has 6 nitrogen and oxygen atoms in total. The molecule has 0 spiro atoms. The van der Waals surface area contributed by atoms with Crippen molar-refractivity contribution in [2.45, 2.75) is 58.8 Å². The second kappa shape index (κ2) is 12.2. The fraction of sp³-hybridized carbons (Fsp3) is 0.800. The summed E-state index contributed by atoms with van der Waals surface area (Å²) in [6.45, 7) is 4.44. The number of hydrogen-bond donors (Lipinski definition) is 1. The summed E-state index contributed by atoms with van der Waals surface area (Å²) in [7, 11) is 0. The standard InChI is InChI=1S/C15H26O6/c1-3-5-7-8-10-20-13(16)11-12(14(17)18)15(19)21-9-6-4-2/h12H,3-11H2,1-2H3,(H,17,18). The summed E-state index contributed by atoms with van der Waals surface area (Å²) in [5.41, 5.74) is 0. The van der Waals surface area contributed by atoms with E-state index >= 15 is 0 Å². The number of carboxylic acid groups (broad SMARTS) is 1. The number of unbranched alkanes of at least 4 members (excludes halogenated alkanes) is 4. The minimum atomic E-state index is -1.48. The maximum Gasteiger partial charge on any atom is 0.320 e. The molecular weight excluding hydrogens is 276 g/mol. The fourth-order valence-corrected chi connectivity index (χ4v) is 1.63. The number of esters is 2. The molecule has 122 valence electrons. The van der Waals surface area contributed by atoms with E-state index in [1.807, 2.05) is 6.92 Å². The molecule has 1 N–H and O–H groups in total. The molecule has 0 aliphatic carbocycles. The highest BCUT2D eigenvalue weighted by molar-refractivity contribution is 5.97. The zero-order valence-corrected chi connectivity index (χ0v) is 12.9. The molecule has 0 fully saturated rings. The van der Waals surface area contributed by atoms with Crippen LogP contribution < -0.4 is 0 Å². The van der Waals surface area contributed by atoms with Gasteiger partial charge in [0.05, 0.1) is 19.6 Å². The van der Waals surface area contributed by atoms with Crippen LogP contribution in [0.3, 0.4) is 0 Å². The van der Waals surface area contributed by atoms with E-state index in [-0.39, 0.29) is 13.2 Å². The van der Waals surface area contributed by atoms with Crippen LogP contribution in [0.2, 0.25) is 0 Å². The molecule has 1 atom stereocenters. The van der Waals surface area contributed by atoms with Gasteiger partial charge in [-0.3, -0.25) is 14.4 Å². The third kappa shape index (κ3) is 9.87. The van der Waals surface area contributed by atoms with Crippen LogP contribution in [-0.4, -0.2) is 36.2 Å². The van der Waals surface area contributed by atoms with E-state index in [1.165, 1.54) is 0 Å². The van der Waals surface area contributed by atoms with E-state index in [4.69, 9.17) is 14.6 Å². The molecule has 0 saturated heterocycles. The normalized spacial score (nSPS) is 11.7. The van der Waals surface area contributed by atoms with E-state index in [9.17, 15) is 14.4 Å². The van der Waals surface area contributed by atoms with Crippen molar-refractivity contribution < 1.29 is 29.0 Å². The number of carboxylic acids is 1. The molecule has 0 heterocycles. The Morgan fingerprint density at radius 3 is 2.10 bits per heavy atom. The maximum atomic E-state index is 11.6. The minimum absolute atomic E-state index is 0.172. The predicted octanol–water partition coefficient (Wildman–Crippen LogP) is 2.54. The lowest BCUT2D eigenvalue weighted by molar-refractivity contribution is -0.164. The third-order valence-corrected chi connectivity index (χ3v) is 2.96. The number of carbonyl (C=O) groups excluding carboxylic acids is 2. The smallest absolute Gasteiger partial charge is 0.320 e. The summed E-state index contributed by atoms with van der Waals surface area (Å²) in [4.78, 5) is 34.1. The summed E-state index contributed by atoms with van der Waals surface area (Å²) in [5.74, 6) is -4.39. The van der Waals surface area contributed by atoms with Crippen molar-refractivity contribution in [2.24, 2.45) is 5.92 Å². The topological polar surface area (TPSA) is 89.9 Å². The average molecular weight is 302 g/mol. The zero-order valence-electron chi connectivity index (χ0n) is 12.9. The van der Waals surface area contributed by atoms with Crippen LogP contribution in [0.4, 0.5) is 0 Å². The van der Waals surface area contributed by atoms with Gasteiger partial charge >= 0.3 is 17.9 Å². The lowest BCUT2D eigenvalue weighted by Gasteiger charge is -2.11. The van der Waals surface area contributed by atoms with Crippen molar-refractivity contribution in [3.8, 4) is 0 Å². The van der Waals surface area contributed by atoms with Crippen LogP contribution in [-0.2, 0) is 23.9 Å². The van der Waals surface area contributed by atoms with E-state index < -0.39 is 30.2 Å². The minimum Gasteiger partial charge on any atom is -0.481 e. The number of rotatable bonds is 12. The SMILES string of the molecule is CCCCCCOC(=O)CC(C(=O)O)C(=O)OCCCC. The van der Waals surface area contributed by atoms with Gasteiger partial charge in [0.25, 0.3) is 0 Å². The van der Waals surface area contributed by atoms with Crippen molar-refractivity contribution in [3.05, 3.63) is 0 Å². The first-order chi connectivity index (χ1) is 10.0. The second-order valence-electron chi connectivity index (χ2n) is 4.90. The average Bonchev–Trinajstić information content (AvgIpc) is 2.44. The highest BCUT2D eigenvalue weighted by atomic mass is 16.5. The first-order valence-electron chi connectivity index (χ1n) is 7.57. The Morgan fingerprint density at radius 2 is 1.52 bits per heavy atom. The highest BCUT2D eigenvalue weighted by Gasteiger charge is 2.31. The van der Waals surface area contributed by atoms with Gasteiger partial charge < -0.3 is 14.6 Å². The quantitative estimate of drug-likeness (QED) is 0.338. The molecule has 0 aromatic carbocycles. The van der Waals surface area contributed by atoms with Gasteiger partial charge in [0.15, 0.2) is 5.92 Å². The Hall–Kier alpha value is -1.59. The van der Waals surface area contributed by atoms with Gasteiger partial charge in [-0.25, -0.2) is 0 Å². The molecule has 6 heteroatoms.